The number of halogens is 1. The van der Waals surface area contributed by atoms with Crippen LogP contribution in [0.5, 0.6) is 0 Å². The minimum atomic E-state index is -0.442. The number of ether oxygens (including phenoxy) is 1. The number of H-pyrrole nitrogens is 1. The molecule has 1 atom stereocenters. The summed E-state index contributed by atoms with van der Waals surface area (Å²) in [6.45, 7) is 4.68. The van der Waals surface area contributed by atoms with E-state index in [0.717, 1.165) is 10.9 Å². The van der Waals surface area contributed by atoms with Crippen LogP contribution in [0.1, 0.15) is 33.9 Å². The van der Waals surface area contributed by atoms with Crippen molar-refractivity contribution in [2.75, 3.05) is 19.7 Å². The van der Waals surface area contributed by atoms with E-state index in [9.17, 15) is 9.18 Å². The van der Waals surface area contributed by atoms with E-state index in [1.54, 1.807) is 17.9 Å². The monoisotopic (exact) mass is 344 g/mol. The van der Waals surface area contributed by atoms with Crippen molar-refractivity contribution < 1.29 is 18.3 Å². The highest BCUT2D eigenvalue weighted by molar-refractivity contribution is 5.98. The van der Waals surface area contributed by atoms with Crippen molar-refractivity contribution in [2.24, 2.45) is 0 Å². The van der Waals surface area contributed by atoms with Gasteiger partial charge in [-0.2, -0.15) is 0 Å². The molecule has 1 fully saturated rings. The Labute approximate surface area is 142 Å². The Morgan fingerprint density at radius 1 is 1.32 bits per heavy atom. The largest absolute Gasteiger partial charge is 0.423 e. The van der Waals surface area contributed by atoms with Crippen LogP contribution in [0.3, 0.4) is 0 Å². The Morgan fingerprint density at radius 3 is 2.92 bits per heavy atom. The highest BCUT2D eigenvalue weighted by Gasteiger charge is 2.30. The molecule has 2 aromatic heterocycles. The lowest BCUT2D eigenvalue weighted by Gasteiger charge is -2.30. The van der Waals surface area contributed by atoms with Crippen LogP contribution < -0.4 is 0 Å². The Morgan fingerprint density at radius 2 is 2.16 bits per heavy atom. The van der Waals surface area contributed by atoms with E-state index in [2.05, 4.69) is 15.2 Å². The normalized spacial score (nSPS) is 18.0. The Bertz CT molecular complexity index is 949. The van der Waals surface area contributed by atoms with E-state index >= 15 is 0 Å². The van der Waals surface area contributed by atoms with Crippen molar-refractivity contribution in [2.45, 2.75) is 20.0 Å². The van der Waals surface area contributed by atoms with Gasteiger partial charge in [0.05, 0.1) is 13.2 Å². The maximum absolute atomic E-state index is 13.5. The zero-order valence-corrected chi connectivity index (χ0v) is 13.9. The molecule has 0 saturated carbocycles. The number of carbonyl (C=O) groups is 1. The fourth-order valence-electron chi connectivity index (χ4n) is 3.09. The molecule has 1 amide bonds. The second kappa shape index (κ2) is 5.96. The number of rotatable bonds is 2. The first-order valence-electron chi connectivity index (χ1n) is 8.01. The van der Waals surface area contributed by atoms with Gasteiger partial charge in [0.15, 0.2) is 6.10 Å². The number of aryl methyl sites for hydroxylation is 2. The third-order valence-corrected chi connectivity index (χ3v) is 4.31. The second-order valence-electron chi connectivity index (χ2n) is 6.14. The van der Waals surface area contributed by atoms with Gasteiger partial charge in [-0.05, 0) is 30.7 Å². The lowest BCUT2D eigenvalue weighted by Crippen LogP contribution is -2.42. The Balaban J connectivity index is 1.59. The minimum Gasteiger partial charge on any atom is -0.423 e. The van der Waals surface area contributed by atoms with Gasteiger partial charge in [0.2, 0.25) is 11.8 Å². The quantitative estimate of drug-likeness (QED) is 0.772. The van der Waals surface area contributed by atoms with Crippen LogP contribution in [-0.2, 0) is 4.74 Å². The first-order valence-corrected chi connectivity index (χ1v) is 8.01. The van der Waals surface area contributed by atoms with Crippen LogP contribution in [-0.4, -0.2) is 45.7 Å². The first kappa shape index (κ1) is 15.8. The highest BCUT2D eigenvalue weighted by Crippen LogP contribution is 2.25. The van der Waals surface area contributed by atoms with Gasteiger partial charge in [0.25, 0.3) is 5.91 Å². The third-order valence-electron chi connectivity index (χ3n) is 4.31. The highest BCUT2D eigenvalue weighted by atomic mass is 19.1. The van der Waals surface area contributed by atoms with Crippen LogP contribution in [0.25, 0.3) is 10.9 Å². The molecule has 1 saturated heterocycles. The lowest BCUT2D eigenvalue weighted by molar-refractivity contribution is -0.0350. The molecule has 0 radical (unpaired) electrons. The van der Waals surface area contributed by atoms with Crippen molar-refractivity contribution in [3.8, 4) is 0 Å². The molecule has 0 spiro atoms. The topological polar surface area (TPSA) is 84.2 Å². The molecule has 1 aliphatic heterocycles. The summed E-state index contributed by atoms with van der Waals surface area (Å²) in [4.78, 5) is 17.5. The van der Waals surface area contributed by atoms with E-state index in [1.165, 1.54) is 12.1 Å². The second-order valence-corrected chi connectivity index (χ2v) is 6.14. The van der Waals surface area contributed by atoms with Gasteiger partial charge in [-0.25, -0.2) is 4.39 Å². The maximum atomic E-state index is 13.5. The van der Waals surface area contributed by atoms with E-state index in [-0.39, 0.29) is 11.7 Å². The molecule has 1 aliphatic rings. The van der Waals surface area contributed by atoms with Crippen LogP contribution in [0, 0.1) is 19.7 Å². The molecule has 3 heterocycles. The Hall–Kier alpha value is -2.74. The van der Waals surface area contributed by atoms with Crippen LogP contribution in [0.15, 0.2) is 22.6 Å². The predicted octanol–water partition coefficient (Wildman–Crippen LogP) is 2.52. The van der Waals surface area contributed by atoms with Crippen molar-refractivity contribution in [3.05, 3.63) is 47.1 Å². The van der Waals surface area contributed by atoms with Gasteiger partial charge in [-0.15, -0.1) is 10.2 Å². The summed E-state index contributed by atoms with van der Waals surface area (Å²) < 4.78 is 24.6. The zero-order chi connectivity index (χ0) is 17.6. The maximum Gasteiger partial charge on any atom is 0.270 e. The summed E-state index contributed by atoms with van der Waals surface area (Å²) in [6.07, 6.45) is -0.442. The van der Waals surface area contributed by atoms with Gasteiger partial charge in [-0.3, -0.25) is 4.79 Å². The summed E-state index contributed by atoms with van der Waals surface area (Å²) in [5, 5.41) is 8.59. The number of nitrogens with zero attached hydrogens (tertiary/aromatic N) is 3. The van der Waals surface area contributed by atoms with Crippen LogP contribution in [0.2, 0.25) is 0 Å². The fraction of sp³-hybridized carbons (Fsp3) is 0.353. The number of fused-ring (bicyclic) bond motifs is 1. The van der Waals surface area contributed by atoms with Gasteiger partial charge in [0.1, 0.15) is 11.5 Å². The summed E-state index contributed by atoms with van der Waals surface area (Å²) in [5.41, 5.74) is 1.82. The minimum absolute atomic E-state index is 0.166. The lowest BCUT2D eigenvalue weighted by atomic mass is 10.1. The molecule has 1 aromatic carbocycles. The number of hydrogen-bond acceptors (Lipinski definition) is 5. The SMILES string of the molecule is Cc1nnc([C@@H]2CN(C(=O)c3cc4c(C)cc(F)cc4[nH]3)CCO2)o1. The molecule has 8 heteroatoms. The number of morpholine rings is 1. The predicted molar refractivity (Wildman–Crippen MR) is 86.6 cm³/mol. The van der Waals surface area contributed by atoms with E-state index in [4.69, 9.17) is 9.15 Å². The molecule has 0 unspecified atom stereocenters. The molecule has 25 heavy (non-hydrogen) atoms. The van der Waals surface area contributed by atoms with Gasteiger partial charge < -0.3 is 19.0 Å². The standard InChI is InChI=1S/C17H17FN4O3/c1-9-5-11(18)6-13-12(9)7-14(19-13)17(23)22-3-4-24-15(8-22)16-21-20-10(2)25-16/h5-7,15,19H,3-4,8H2,1-2H3/t15-/m0/s1. The average molecular weight is 344 g/mol. The van der Waals surface area contributed by atoms with Crippen molar-refractivity contribution in [3.63, 3.8) is 0 Å². The molecular weight excluding hydrogens is 327 g/mol. The summed E-state index contributed by atoms with van der Waals surface area (Å²) in [6, 6.07) is 4.60. The van der Waals surface area contributed by atoms with E-state index < -0.39 is 6.10 Å². The van der Waals surface area contributed by atoms with Gasteiger partial charge >= 0.3 is 0 Å². The average Bonchev–Trinajstić information content (AvgIpc) is 3.21. The molecule has 7 nitrogen and oxygen atoms in total. The first-order chi connectivity index (χ1) is 12.0. The number of carbonyl (C=O) groups excluding carboxylic acids is 1. The molecule has 1 N–H and O–H groups in total. The fourth-order valence-corrected chi connectivity index (χ4v) is 3.09. The van der Waals surface area contributed by atoms with Crippen LogP contribution in [0.4, 0.5) is 4.39 Å². The van der Waals surface area contributed by atoms with Gasteiger partial charge in [-0.1, -0.05) is 0 Å². The number of hydrogen-bond donors (Lipinski definition) is 1. The number of benzene rings is 1. The van der Waals surface area contributed by atoms with Crippen LogP contribution >= 0.6 is 0 Å². The molecule has 4 rings (SSSR count). The number of nitrogens with one attached hydrogen (secondary N) is 1. The third kappa shape index (κ3) is 2.89. The zero-order valence-electron chi connectivity index (χ0n) is 13.9. The summed E-state index contributed by atoms with van der Waals surface area (Å²) in [5.74, 6) is 0.323. The number of amides is 1. The summed E-state index contributed by atoms with van der Waals surface area (Å²) >= 11 is 0. The number of aromatic nitrogens is 3. The smallest absolute Gasteiger partial charge is 0.270 e. The Kier molecular flexibility index (Phi) is 3.76. The van der Waals surface area contributed by atoms with E-state index in [1.807, 2.05) is 6.92 Å². The van der Waals surface area contributed by atoms with Crippen molar-refractivity contribution in [1.29, 1.82) is 0 Å². The van der Waals surface area contributed by atoms with Gasteiger partial charge in [0, 0.05) is 24.4 Å². The number of aromatic amines is 1. The molecule has 130 valence electrons. The molecule has 0 bridgehead atoms. The van der Waals surface area contributed by atoms with E-state index in [0.29, 0.717) is 42.7 Å². The summed E-state index contributed by atoms with van der Waals surface area (Å²) in [7, 11) is 0. The molecule has 0 aliphatic carbocycles. The van der Waals surface area contributed by atoms with Crippen molar-refractivity contribution >= 4 is 16.8 Å². The van der Waals surface area contributed by atoms with Crippen molar-refractivity contribution in [1.82, 2.24) is 20.1 Å². The molecule has 3 aromatic rings. The molecular formula is C17H17FN4O3.